The van der Waals surface area contributed by atoms with Crippen LogP contribution in [0, 0.1) is 30.9 Å². The third-order valence-corrected chi connectivity index (χ3v) is 7.75. The van der Waals surface area contributed by atoms with Crippen molar-refractivity contribution in [3.8, 4) is 5.69 Å². The highest BCUT2D eigenvalue weighted by molar-refractivity contribution is 7.99. The van der Waals surface area contributed by atoms with Crippen molar-refractivity contribution in [1.82, 2.24) is 20.1 Å². The van der Waals surface area contributed by atoms with E-state index >= 15 is 0 Å². The maximum atomic E-state index is 13.1. The van der Waals surface area contributed by atoms with Crippen molar-refractivity contribution in [2.75, 3.05) is 11.1 Å². The monoisotopic (exact) mass is 632 g/mol. The van der Waals surface area contributed by atoms with Gasteiger partial charge in [0.15, 0.2) is 11.0 Å². The van der Waals surface area contributed by atoms with Crippen molar-refractivity contribution < 1.29 is 27.7 Å². The first-order valence-corrected chi connectivity index (χ1v) is 14.0. The van der Waals surface area contributed by atoms with E-state index in [9.17, 15) is 32.9 Å². The van der Waals surface area contributed by atoms with Crippen LogP contribution in [0.15, 0.2) is 59.8 Å². The Morgan fingerprint density at radius 2 is 1.79 bits per heavy atom. The lowest BCUT2D eigenvalue weighted by Gasteiger charge is -2.15. The smallest absolute Gasteiger partial charge is 0.345 e. The first-order chi connectivity index (χ1) is 20.3. The molecule has 4 rings (SSSR count). The highest BCUT2D eigenvalue weighted by Gasteiger charge is 2.31. The van der Waals surface area contributed by atoms with Gasteiger partial charge in [0.1, 0.15) is 0 Å². The highest BCUT2D eigenvalue weighted by atomic mass is 35.5. The Kier molecular flexibility index (Phi) is 9.40. The van der Waals surface area contributed by atoms with E-state index in [2.05, 4.69) is 20.8 Å². The molecule has 43 heavy (non-hydrogen) atoms. The number of carbonyl (C=O) groups excluding carboxylic acids is 2. The number of nitro benzene ring substituents is 1. The Bertz CT molecular complexity index is 1730. The molecule has 0 unspecified atom stereocenters. The molecule has 1 aromatic heterocycles. The van der Waals surface area contributed by atoms with Crippen LogP contribution in [-0.4, -0.2) is 37.3 Å². The number of nitro groups is 1. The number of hydrogen-bond acceptors (Lipinski definition) is 7. The van der Waals surface area contributed by atoms with Gasteiger partial charge in [0.25, 0.3) is 11.6 Å². The fourth-order valence-corrected chi connectivity index (χ4v) is 4.98. The molecule has 0 bridgehead atoms. The summed E-state index contributed by atoms with van der Waals surface area (Å²) in [4.78, 5) is 36.3. The number of nitrogens with one attached hydrogen (secondary N) is 2. The predicted octanol–water partition coefficient (Wildman–Crippen LogP) is 6.43. The molecule has 0 saturated carbocycles. The lowest BCUT2D eigenvalue weighted by atomic mass is 10.1. The number of nitrogens with zero attached hydrogens (tertiary/aromatic N) is 4. The number of amides is 2. The van der Waals surface area contributed by atoms with E-state index in [-0.39, 0.29) is 39.4 Å². The number of aromatic nitrogens is 3. The molecular formula is C28H24ClF3N6O4S. The summed E-state index contributed by atoms with van der Waals surface area (Å²) >= 11 is 6.98. The molecular weight excluding hydrogens is 609 g/mol. The Labute approximate surface area is 252 Å². The van der Waals surface area contributed by atoms with E-state index in [0.29, 0.717) is 17.1 Å². The fraction of sp³-hybridized carbons (Fsp3) is 0.214. The van der Waals surface area contributed by atoms with Crippen LogP contribution in [0.3, 0.4) is 0 Å². The summed E-state index contributed by atoms with van der Waals surface area (Å²) in [5.74, 6) is -1.12. The molecule has 0 radical (unpaired) electrons. The van der Waals surface area contributed by atoms with Gasteiger partial charge in [0.2, 0.25) is 5.91 Å². The van der Waals surface area contributed by atoms with Crippen molar-refractivity contribution in [2.45, 2.75) is 38.6 Å². The van der Waals surface area contributed by atoms with Crippen molar-refractivity contribution in [3.63, 3.8) is 0 Å². The van der Waals surface area contributed by atoms with E-state index in [4.69, 9.17) is 11.6 Å². The standard InChI is InChI=1S/C28H24ClF3N6O4S/c1-15-5-4-6-22(17(15)3)37-24(13-33-26(40)18-8-7-16(2)23(11-18)38(41)42)35-36-27(37)43-14-25(39)34-21-12-19(28(30,31)32)9-10-20(21)29/h4-12H,13-14H2,1-3H3,(H,33,40)(H,34,39). The largest absolute Gasteiger partial charge is 0.416 e. The summed E-state index contributed by atoms with van der Waals surface area (Å²) in [6, 6.07) is 12.3. The molecule has 10 nitrogen and oxygen atoms in total. The second-order valence-electron chi connectivity index (χ2n) is 9.42. The highest BCUT2D eigenvalue weighted by Crippen LogP contribution is 2.34. The lowest BCUT2D eigenvalue weighted by molar-refractivity contribution is -0.385. The van der Waals surface area contributed by atoms with Crippen molar-refractivity contribution in [2.24, 2.45) is 0 Å². The third kappa shape index (κ3) is 7.32. The molecule has 0 fully saturated rings. The van der Waals surface area contributed by atoms with Crippen LogP contribution in [-0.2, 0) is 17.5 Å². The summed E-state index contributed by atoms with van der Waals surface area (Å²) in [6.45, 7) is 5.26. The van der Waals surface area contributed by atoms with Gasteiger partial charge < -0.3 is 10.6 Å². The molecule has 0 spiro atoms. The maximum Gasteiger partial charge on any atom is 0.416 e. The molecule has 0 aliphatic carbocycles. The molecule has 4 aromatic rings. The van der Waals surface area contributed by atoms with Gasteiger partial charge in [-0.3, -0.25) is 24.3 Å². The Morgan fingerprint density at radius 1 is 1.05 bits per heavy atom. The van der Waals surface area contributed by atoms with Crippen molar-refractivity contribution >= 4 is 46.6 Å². The summed E-state index contributed by atoms with van der Waals surface area (Å²) in [5, 5.41) is 25.0. The van der Waals surface area contributed by atoms with Crippen LogP contribution in [0.2, 0.25) is 5.02 Å². The van der Waals surface area contributed by atoms with E-state index in [1.54, 1.807) is 11.5 Å². The van der Waals surface area contributed by atoms with Gasteiger partial charge in [0.05, 0.1) is 39.2 Å². The average molecular weight is 633 g/mol. The molecule has 2 N–H and O–H groups in total. The third-order valence-electron chi connectivity index (χ3n) is 6.49. The predicted molar refractivity (Wildman–Crippen MR) is 156 cm³/mol. The summed E-state index contributed by atoms with van der Waals surface area (Å²) in [5.41, 5.74) is 1.71. The van der Waals surface area contributed by atoms with Gasteiger partial charge in [-0.1, -0.05) is 41.6 Å². The van der Waals surface area contributed by atoms with Crippen molar-refractivity contribution in [3.05, 3.63) is 103 Å². The van der Waals surface area contributed by atoms with Gasteiger partial charge in [0, 0.05) is 17.2 Å². The Balaban J connectivity index is 1.56. The molecule has 0 aliphatic heterocycles. The number of alkyl halides is 3. The van der Waals surface area contributed by atoms with Gasteiger partial charge in [-0.25, -0.2) is 0 Å². The minimum absolute atomic E-state index is 0.0539. The van der Waals surface area contributed by atoms with Gasteiger partial charge in [-0.05, 0) is 62.2 Å². The molecule has 2 amide bonds. The summed E-state index contributed by atoms with van der Waals surface area (Å²) < 4.78 is 41.0. The number of carbonyl (C=O) groups is 2. The van der Waals surface area contributed by atoms with Gasteiger partial charge >= 0.3 is 6.18 Å². The SMILES string of the molecule is Cc1ccc(C(=O)NCc2nnc(SCC(=O)Nc3cc(C(F)(F)F)ccc3Cl)n2-c2cccc(C)c2C)cc1[N+](=O)[O-]. The zero-order chi connectivity index (χ0) is 31.5. The first-order valence-electron chi connectivity index (χ1n) is 12.6. The zero-order valence-electron chi connectivity index (χ0n) is 23.0. The molecule has 0 aliphatic rings. The van der Waals surface area contributed by atoms with E-state index in [1.807, 2.05) is 32.0 Å². The fourth-order valence-electron chi connectivity index (χ4n) is 4.05. The van der Waals surface area contributed by atoms with E-state index in [0.717, 1.165) is 41.1 Å². The number of halogens is 4. The van der Waals surface area contributed by atoms with Crippen molar-refractivity contribution in [1.29, 1.82) is 0 Å². The van der Waals surface area contributed by atoms with Crippen LogP contribution >= 0.6 is 23.4 Å². The summed E-state index contributed by atoms with van der Waals surface area (Å²) in [7, 11) is 0. The number of benzene rings is 3. The molecule has 15 heteroatoms. The van der Waals surface area contributed by atoms with Crippen LogP contribution in [0.1, 0.15) is 38.4 Å². The lowest BCUT2D eigenvalue weighted by Crippen LogP contribution is -2.25. The number of thioether (sulfide) groups is 1. The molecule has 0 atom stereocenters. The van der Waals surface area contributed by atoms with E-state index < -0.39 is 28.5 Å². The van der Waals surface area contributed by atoms with E-state index in [1.165, 1.54) is 18.2 Å². The van der Waals surface area contributed by atoms with Crippen LogP contribution in [0.5, 0.6) is 0 Å². The second-order valence-corrected chi connectivity index (χ2v) is 10.8. The maximum absolute atomic E-state index is 13.1. The number of hydrogen-bond donors (Lipinski definition) is 2. The van der Waals surface area contributed by atoms with Gasteiger partial charge in [-0.15, -0.1) is 10.2 Å². The zero-order valence-corrected chi connectivity index (χ0v) is 24.5. The Hall–Kier alpha value is -4.43. The summed E-state index contributed by atoms with van der Waals surface area (Å²) in [6.07, 6.45) is -4.61. The topological polar surface area (TPSA) is 132 Å². The molecule has 224 valence electrons. The minimum atomic E-state index is -4.61. The Morgan fingerprint density at radius 3 is 2.49 bits per heavy atom. The average Bonchev–Trinajstić information content (AvgIpc) is 3.35. The van der Waals surface area contributed by atoms with Gasteiger partial charge in [-0.2, -0.15) is 13.2 Å². The molecule has 0 saturated heterocycles. The number of rotatable bonds is 9. The second kappa shape index (κ2) is 12.8. The minimum Gasteiger partial charge on any atom is -0.345 e. The van der Waals surface area contributed by atoms with Crippen LogP contribution in [0.25, 0.3) is 5.69 Å². The quantitative estimate of drug-likeness (QED) is 0.123. The van der Waals surface area contributed by atoms with Crippen LogP contribution in [0.4, 0.5) is 24.5 Å². The number of anilines is 1. The molecule has 1 heterocycles. The molecule has 3 aromatic carbocycles. The first kappa shape index (κ1) is 31.5. The normalized spacial score (nSPS) is 11.3. The van der Waals surface area contributed by atoms with Crippen LogP contribution < -0.4 is 10.6 Å². The number of aryl methyl sites for hydroxylation is 2.